The van der Waals surface area contributed by atoms with E-state index in [1.54, 1.807) is 0 Å². The van der Waals surface area contributed by atoms with Gasteiger partial charge in [0.2, 0.25) is 10.0 Å². The van der Waals surface area contributed by atoms with Crippen molar-refractivity contribution in [3.8, 4) is 0 Å². The molecule has 0 spiro atoms. The molecule has 112 valence electrons. The maximum Gasteiger partial charge on any atom is 0.347 e. The molecule has 0 unspecified atom stereocenters. The van der Waals surface area contributed by atoms with Gasteiger partial charge in [-0.05, 0) is 29.5 Å². The SMILES string of the molecule is Cc1ccccc1CN(C)S(=O)(=O)c1ccsc1C(=O)O. The maximum absolute atomic E-state index is 12.5. The van der Waals surface area contributed by atoms with E-state index in [0.29, 0.717) is 0 Å². The zero-order valence-corrected chi connectivity index (χ0v) is 13.2. The lowest BCUT2D eigenvalue weighted by molar-refractivity contribution is 0.0698. The molecule has 1 aromatic carbocycles. The number of sulfonamides is 1. The average Bonchev–Trinajstić information content (AvgIpc) is 2.91. The summed E-state index contributed by atoms with van der Waals surface area (Å²) >= 11 is 0.906. The monoisotopic (exact) mass is 325 g/mol. The highest BCUT2D eigenvalue weighted by Gasteiger charge is 2.28. The van der Waals surface area contributed by atoms with Gasteiger partial charge in [0.05, 0.1) is 0 Å². The predicted octanol–water partition coefficient (Wildman–Crippen LogP) is 2.58. The number of carboxylic acid groups (broad SMARTS) is 1. The third kappa shape index (κ3) is 3.15. The fourth-order valence-electron chi connectivity index (χ4n) is 1.94. The first-order valence-corrected chi connectivity index (χ1v) is 8.47. The average molecular weight is 325 g/mol. The van der Waals surface area contributed by atoms with Crippen molar-refractivity contribution in [2.24, 2.45) is 0 Å². The Hall–Kier alpha value is -1.70. The Balaban J connectivity index is 2.33. The van der Waals surface area contributed by atoms with E-state index in [0.717, 1.165) is 22.5 Å². The van der Waals surface area contributed by atoms with E-state index in [1.165, 1.54) is 22.8 Å². The Kier molecular flexibility index (Phi) is 4.46. The van der Waals surface area contributed by atoms with Gasteiger partial charge in [-0.2, -0.15) is 4.31 Å². The number of aryl methyl sites for hydroxylation is 1. The van der Waals surface area contributed by atoms with Crippen LogP contribution in [0.15, 0.2) is 40.6 Å². The van der Waals surface area contributed by atoms with Gasteiger partial charge in [-0.1, -0.05) is 24.3 Å². The Morgan fingerprint density at radius 2 is 1.95 bits per heavy atom. The van der Waals surface area contributed by atoms with Gasteiger partial charge in [-0.15, -0.1) is 11.3 Å². The molecule has 0 saturated carbocycles. The molecule has 0 fully saturated rings. The molecule has 1 aromatic heterocycles. The van der Waals surface area contributed by atoms with E-state index in [4.69, 9.17) is 5.11 Å². The zero-order chi connectivity index (χ0) is 15.6. The Morgan fingerprint density at radius 3 is 2.57 bits per heavy atom. The highest BCUT2D eigenvalue weighted by Crippen LogP contribution is 2.25. The minimum atomic E-state index is -3.82. The molecule has 2 aromatic rings. The van der Waals surface area contributed by atoms with Crippen LogP contribution in [0.2, 0.25) is 0 Å². The van der Waals surface area contributed by atoms with Crippen LogP contribution in [0.25, 0.3) is 0 Å². The molecule has 0 saturated heterocycles. The molecule has 2 rings (SSSR count). The summed E-state index contributed by atoms with van der Waals surface area (Å²) in [5.41, 5.74) is 1.87. The van der Waals surface area contributed by atoms with Crippen molar-refractivity contribution in [2.45, 2.75) is 18.4 Å². The van der Waals surface area contributed by atoms with Crippen LogP contribution in [0.3, 0.4) is 0 Å². The second-order valence-corrected chi connectivity index (χ2v) is 7.54. The van der Waals surface area contributed by atoms with Crippen LogP contribution < -0.4 is 0 Å². The van der Waals surface area contributed by atoms with Crippen molar-refractivity contribution in [2.75, 3.05) is 7.05 Å². The molecule has 0 amide bonds. The maximum atomic E-state index is 12.5. The van der Waals surface area contributed by atoms with Crippen LogP contribution in [0.1, 0.15) is 20.8 Å². The third-order valence-corrected chi connectivity index (χ3v) is 6.04. The minimum Gasteiger partial charge on any atom is -0.477 e. The van der Waals surface area contributed by atoms with E-state index in [-0.39, 0.29) is 16.3 Å². The van der Waals surface area contributed by atoms with E-state index >= 15 is 0 Å². The third-order valence-electron chi connectivity index (χ3n) is 3.17. The molecule has 21 heavy (non-hydrogen) atoms. The van der Waals surface area contributed by atoms with E-state index < -0.39 is 16.0 Å². The van der Waals surface area contributed by atoms with Crippen LogP contribution in [0, 0.1) is 6.92 Å². The van der Waals surface area contributed by atoms with Gasteiger partial charge < -0.3 is 5.11 Å². The molecule has 1 N–H and O–H groups in total. The van der Waals surface area contributed by atoms with E-state index in [9.17, 15) is 13.2 Å². The summed E-state index contributed by atoms with van der Waals surface area (Å²) in [4.78, 5) is 10.8. The number of carboxylic acids is 1. The lowest BCUT2D eigenvalue weighted by Gasteiger charge is -2.18. The quantitative estimate of drug-likeness (QED) is 0.917. The number of hydrogen-bond donors (Lipinski definition) is 1. The van der Waals surface area contributed by atoms with E-state index in [2.05, 4.69) is 0 Å². The summed E-state index contributed by atoms with van der Waals surface area (Å²) in [6.07, 6.45) is 0. The standard InChI is InChI=1S/C14H15NO4S2/c1-10-5-3-4-6-11(10)9-15(2)21(18,19)12-7-8-20-13(12)14(16)17/h3-8H,9H2,1-2H3,(H,16,17). The number of thiophene rings is 1. The molecule has 0 aliphatic rings. The number of aromatic carboxylic acids is 1. The van der Waals surface area contributed by atoms with Crippen molar-refractivity contribution in [1.29, 1.82) is 0 Å². The highest BCUT2D eigenvalue weighted by atomic mass is 32.2. The number of rotatable bonds is 5. The Morgan fingerprint density at radius 1 is 1.29 bits per heavy atom. The van der Waals surface area contributed by atoms with Crippen molar-refractivity contribution in [1.82, 2.24) is 4.31 Å². The van der Waals surface area contributed by atoms with Crippen LogP contribution in [0.4, 0.5) is 0 Å². The summed E-state index contributed by atoms with van der Waals surface area (Å²) in [6, 6.07) is 8.82. The van der Waals surface area contributed by atoms with Gasteiger partial charge in [-0.25, -0.2) is 13.2 Å². The van der Waals surface area contributed by atoms with Crippen molar-refractivity contribution >= 4 is 27.3 Å². The van der Waals surface area contributed by atoms with Crippen molar-refractivity contribution < 1.29 is 18.3 Å². The molecule has 0 aliphatic heterocycles. The first-order chi connectivity index (χ1) is 9.84. The second kappa shape index (κ2) is 5.97. The molecule has 5 nitrogen and oxygen atoms in total. The Labute approximate surface area is 127 Å². The molecule has 7 heteroatoms. The predicted molar refractivity (Wildman–Crippen MR) is 81.1 cm³/mol. The molecule has 0 radical (unpaired) electrons. The van der Waals surface area contributed by atoms with Gasteiger partial charge in [-0.3, -0.25) is 0 Å². The summed E-state index contributed by atoms with van der Waals surface area (Å²) in [5.74, 6) is -1.23. The van der Waals surface area contributed by atoms with Gasteiger partial charge in [0.1, 0.15) is 9.77 Å². The molecule has 1 heterocycles. The molecular formula is C14H15NO4S2. The lowest BCUT2D eigenvalue weighted by Crippen LogP contribution is -2.27. The van der Waals surface area contributed by atoms with Crippen LogP contribution in [-0.2, 0) is 16.6 Å². The molecular weight excluding hydrogens is 310 g/mol. The smallest absolute Gasteiger partial charge is 0.347 e. The summed E-state index contributed by atoms with van der Waals surface area (Å²) in [7, 11) is -2.37. The number of nitrogens with zero attached hydrogens (tertiary/aromatic N) is 1. The summed E-state index contributed by atoms with van der Waals surface area (Å²) in [6.45, 7) is 2.10. The van der Waals surface area contributed by atoms with Crippen LogP contribution in [0.5, 0.6) is 0 Å². The lowest BCUT2D eigenvalue weighted by atomic mass is 10.1. The largest absolute Gasteiger partial charge is 0.477 e. The molecule has 0 atom stereocenters. The van der Waals surface area contributed by atoms with Gasteiger partial charge >= 0.3 is 5.97 Å². The Bertz CT molecular complexity index is 765. The van der Waals surface area contributed by atoms with Crippen molar-refractivity contribution in [3.05, 3.63) is 51.7 Å². The normalized spacial score (nSPS) is 11.8. The summed E-state index contributed by atoms with van der Waals surface area (Å²) in [5, 5.41) is 10.5. The zero-order valence-electron chi connectivity index (χ0n) is 11.6. The summed E-state index contributed by atoms with van der Waals surface area (Å²) < 4.78 is 26.2. The number of benzene rings is 1. The van der Waals surface area contributed by atoms with Crippen molar-refractivity contribution in [3.63, 3.8) is 0 Å². The van der Waals surface area contributed by atoms with Gasteiger partial charge in [0.25, 0.3) is 0 Å². The molecule has 0 bridgehead atoms. The van der Waals surface area contributed by atoms with Crippen LogP contribution in [-0.4, -0.2) is 30.8 Å². The van der Waals surface area contributed by atoms with Gasteiger partial charge in [0, 0.05) is 13.6 Å². The topological polar surface area (TPSA) is 74.7 Å². The van der Waals surface area contributed by atoms with Gasteiger partial charge in [0.15, 0.2) is 0 Å². The highest BCUT2D eigenvalue weighted by molar-refractivity contribution is 7.89. The number of hydrogen-bond acceptors (Lipinski definition) is 4. The first-order valence-electron chi connectivity index (χ1n) is 6.15. The fraction of sp³-hybridized carbons (Fsp3) is 0.214. The second-order valence-electron chi connectivity index (χ2n) is 4.61. The fourth-order valence-corrected chi connectivity index (χ4v) is 4.31. The minimum absolute atomic E-state index is 0.156. The number of carbonyl (C=O) groups is 1. The molecule has 0 aliphatic carbocycles. The first kappa shape index (κ1) is 15.7. The van der Waals surface area contributed by atoms with E-state index in [1.807, 2.05) is 31.2 Å². The van der Waals surface area contributed by atoms with Crippen LogP contribution >= 0.6 is 11.3 Å².